The Bertz CT molecular complexity index is 632. The summed E-state index contributed by atoms with van der Waals surface area (Å²) in [6, 6.07) is 3.64. The number of hydrogen-bond donors (Lipinski definition) is 2. The van der Waals surface area contributed by atoms with E-state index in [0.29, 0.717) is 18.0 Å². The summed E-state index contributed by atoms with van der Waals surface area (Å²) in [5, 5.41) is 8.75. The second-order valence-corrected chi connectivity index (χ2v) is 4.46. The maximum Gasteiger partial charge on any atom is 0.251 e. The van der Waals surface area contributed by atoms with Gasteiger partial charge in [-0.1, -0.05) is 5.16 Å². The van der Waals surface area contributed by atoms with Crippen LogP contribution < -0.4 is 10.6 Å². The lowest BCUT2D eigenvalue weighted by Gasteiger charge is -2.09. The van der Waals surface area contributed by atoms with Gasteiger partial charge in [0, 0.05) is 18.2 Å². The maximum absolute atomic E-state index is 13.7. The van der Waals surface area contributed by atoms with E-state index in [1.165, 1.54) is 0 Å². The van der Waals surface area contributed by atoms with Crippen molar-refractivity contribution >= 4 is 11.6 Å². The van der Waals surface area contributed by atoms with Crippen LogP contribution in [0.2, 0.25) is 0 Å². The van der Waals surface area contributed by atoms with E-state index in [-0.39, 0.29) is 17.8 Å². The number of aryl methyl sites for hydroxylation is 1. The Morgan fingerprint density at radius 2 is 1.95 bits per heavy atom. The molecule has 21 heavy (non-hydrogen) atoms. The number of benzene rings is 1. The molecule has 0 unspecified atom stereocenters. The van der Waals surface area contributed by atoms with Crippen molar-refractivity contribution in [2.75, 3.05) is 11.9 Å². The minimum Gasteiger partial charge on any atom is -0.381 e. The van der Waals surface area contributed by atoms with Crippen molar-refractivity contribution in [3.05, 3.63) is 46.9 Å². The van der Waals surface area contributed by atoms with Gasteiger partial charge in [0.15, 0.2) is 5.76 Å². The van der Waals surface area contributed by atoms with E-state index < -0.39 is 17.5 Å². The zero-order chi connectivity index (χ0) is 15.4. The molecule has 2 rings (SSSR count). The Labute approximate surface area is 120 Å². The van der Waals surface area contributed by atoms with E-state index in [1.807, 2.05) is 0 Å². The number of halogens is 2. The van der Waals surface area contributed by atoms with Crippen LogP contribution in [0.25, 0.3) is 0 Å². The first-order valence-electron chi connectivity index (χ1n) is 6.44. The first-order chi connectivity index (χ1) is 10.0. The van der Waals surface area contributed by atoms with Crippen molar-refractivity contribution in [1.29, 1.82) is 0 Å². The summed E-state index contributed by atoms with van der Waals surface area (Å²) in [5.74, 6) is -1.74. The second-order valence-electron chi connectivity index (χ2n) is 4.46. The van der Waals surface area contributed by atoms with E-state index in [2.05, 4.69) is 15.8 Å². The van der Waals surface area contributed by atoms with E-state index in [0.717, 1.165) is 12.1 Å². The SMILES string of the molecule is CCNc1c(F)cc(C(=O)NCc2cc(C)no2)cc1F. The molecule has 1 aromatic carbocycles. The number of aromatic nitrogens is 1. The van der Waals surface area contributed by atoms with Gasteiger partial charge in [-0.3, -0.25) is 4.79 Å². The lowest BCUT2D eigenvalue weighted by molar-refractivity contribution is 0.0946. The van der Waals surface area contributed by atoms with Gasteiger partial charge in [-0.25, -0.2) is 8.78 Å². The number of hydrogen-bond acceptors (Lipinski definition) is 4. The molecular formula is C14H15F2N3O2. The first-order valence-corrected chi connectivity index (χ1v) is 6.44. The van der Waals surface area contributed by atoms with Crippen LogP contribution in [0.4, 0.5) is 14.5 Å². The third kappa shape index (κ3) is 3.56. The van der Waals surface area contributed by atoms with Crippen LogP contribution in [0.3, 0.4) is 0 Å². The van der Waals surface area contributed by atoms with E-state index in [9.17, 15) is 13.6 Å². The number of rotatable bonds is 5. The summed E-state index contributed by atoms with van der Waals surface area (Å²) in [7, 11) is 0. The average Bonchev–Trinajstić information content (AvgIpc) is 2.85. The Balaban J connectivity index is 2.08. The molecule has 0 aliphatic heterocycles. The average molecular weight is 295 g/mol. The van der Waals surface area contributed by atoms with Crippen LogP contribution in [-0.4, -0.2) is 17.6 Å². The molecule has 0 aliphatic carbocycles. The number of amides is 1. The summed E-state index contributed by atoms with van der Waals surface area (Å²) in [4.78, 5) is 11.9. The van der Waals surface area contributed by atoms with Crippen molar-refractivity contribution in [1.82, 2.24) is 10.5 Å². The number of nitrogens with zero attached hydrogens (tertiary/aromatic N) is 1. The van der Waals surface area contributed by atoms with Crippen molar-refractivity contribution in [2.45, 2.75) is 20.4 Å². The summed E-state index contributed by atoms with van der Waals surface area (Å²) >= 11 is 0. The normalized spacial score (nSPS) is 10.5. The van der Waals surface area contributed by atoms with Crippen LogP contribution in [0.5, 0.6) is 0 Å². The molecule has 2 N–H and O–H groups in total. The van der Waals surface area contributed by atoms with Gasteiger partial charge in [0.2, 0.25) is 0 Å². The Hall–Kier alpha value is -2.44. The van der Waals surface area contributed by atoms with E-state index in [1.54, 1.807) is 19.9 Å². The van der Waals surface area contributed by atoms with Gasteiger partial charge in [0.05, 0.1) is 12.2 Å². The predicted molar refractivity (Wildman–Crippen MR) is 72.9 cm³/mol. The molecule has 0 fully saturated rings. The van der Waals surface area contributed by atoms with Crippen LogP contribution in [0.15, 0.2) is 22.7 Å². The molecular weight excluding hydrogens is 280 g/mol. The van der Waals surface area contributed by atoms with Gasteiger partial charge in [-0.15, -0.1) is 0 Å². The quantitative estimate of drug-likeness (QED) is 0.890. The number of carbonyl (C=O) groups excluding carboxylic acids is 1. The molecule has 0 spiro atoms. The molecule has 0 bridgehead atoms. The smallest absolute Gasteiger partial charge is 0.251 e. The summed E-state index contributed by atoms with van der Waals surface area (Å²) in [6.45, 7) is 3.94. The zero-order valence-corrected chi connectivity index (χ0v) is 11.7. The summed E-state index contributed by atoms with van der Waals surface area (Å²) in [6.07, 6.45) is 0. The van der Waals surface area contributed by atoms with Crippen LogP contribution in [0, 0.1) is 18.6 Å². The van der Waals surface area contributed by atoms with Gasteiger partial charge in [0.1, 0.15) is 17.3 Å². The summed E-state index contributed by atoms with van der Waals surface area (Å²) < 4.78 is 32.4. The highest BCUT2D eigenvalue weighted by atomic mass is 19.1. The molecule has 5 nitrogen and oxygen atoms in total. The van der Waals surface area contributed by atoms with Crippen LogP contribution in [0.1, 0.15) is 28.7 Å². The van der Waals surface area contributed by atoms with Gasteiger partial charge in [0.25, 0.3) is 5.91 Å². The van der Waals surface area contributed by atoms with Gasteiger partial charge in [-0.2, -0.15) is 0 Å². The lowest BCUT2D eigenvalue weighted by Crippen LogP contribution is -2.23. The fourth-order valence-corrected chi connectivity index (χ4v) is 1.82. The zero-order valence-electron chi connectivity index (χ0n) is 11.7. The Kier molecular flexibility index (Phi) is 4.52. The highest BCUT2D eigenvalue weighted by Crippen LogP contribution is 2.20. The van der Waals surface area contributed by atoms with E-state index >= 15 is 0 Å². The molecule has 1 amide bonds. The van der Waals surface area contributed by atoms with E-state index in [4.69, 9.17) is 4.52 Å². The molecule has 0 radical (unpaired) electrons. The van der Waals surface area contributed by atoms with Crippen molar-refractivity contribution in [3.63, 3.8) is 0 Å². The predicted octanol–water partition coefficient (Wildman–Crippen LogP) is 2.62. The fraction of sp³-hybridized carbons (Fsp3) is 0.286. The Morgan fingerprint density at radius 3 is 2.48 bits per heavy atom. The first kappa shape index (κ1) is 15.0. The maximum atomic E-state index is 13.7. The monoisotopic (exact) mass is 295 g/mol. The molecule has 2 aromatic rings. The number of carbonyl (C=O) groups is 1. The number of anilines is 1. The largest absolute Gasteiger partial charge is 0.381 e. The lowest BCUT2D eigenvalue weighted by atomic mass is 10.1. The van der Waals surface area contributed by atoms with Gasteiger partial charge < -0.3 is 15.2 Å². The standard InChI is InChI=1S/C14H15F2N3O2/c1-3-17-13-11(15)5-9(6-12(13)16)14(20)18-7-10-4-8(2)19-21-10/h4-6,17H,3,7H2,1-2H3,(H,18,20). The van der Waals surface area contributed by atoms with Crippen molar-refractivity contribution in [2.24, 2.45) is 0 Å². The molecule has 1 heterocycles. The highest BCUT2D eigenvalue weighted by Gasteiger charge is 2.15. The topological polar surface area (TPSA) is 67.2 Å². The summed E-state index contributed by atoms with van der Waals surface area (Å²) in [5.41, 5.74) is 0.356. The third-order valence-corrected chi connectivity index (χ3v) is 2.76. The molecule has 0 saturated heterocycles. The molecule has 112 valence electrons. The van der Waals surface area contributed by atoms with Gasteiger partial charge in [-0.05, 0) is 26.0 Å². The number of nitrogens with one attached hydrogen (secondary N) is 2. The van der Waals surface area contributed by atoms with Crippen molar-refractivity contribution < 1.29 is 18.1 Å². The van der Waals surface area contributed by atoms with Crippen molar-refractivity contribution in [3.8, 4) is 0 Å². The second kappa shape index (κ2) is 6.34. The molecule has 0 saturated carbocycles. The molecule has 0 aliphatic rings. The highest BCUT2D eigenvalue weighted by molar-refractivity contribution is 5.94. The van der Waals surface area contributed by atoms with Crippen LogP contribution >= 0.6 is 0 Å². The minimum absolute atomic E-state index is 0.0945. The van der Waals surface area contributed by atoms with Gasteiger partial charge >= 0.3 is 0 Å². The Morgan fingerprint density at radius 1 is 1.29 bits per heavy atom. The molecule has 0 atom stereocenters. The molecule has 1 aromatic heterocycles. The minimum atomic E-state index is -0.808. The third-order valence-electron chi connectivity index (χ3n) is 2.76. The molecule has 7 heteroatoms. The van der Waals surface area contributed by atoms with Crippen LogP contribution in [-0.2, 0) is 6.54 Å². The fourth-order valence-electron chi connectivity index (χ4n) is 1.82.